The lowest BCUT2D eigenvalue weighted by atomic mass is 10.2. The van der Waals surface area contributed by atoms with Crippen molar-refractivity contribution >= 4 is 40.9 Å². The van der Waals surface area contributed by atoms with E-state index in [0.717, 1.165) is 9.79 Å². The Labute approximate surface area is 118 Å². The predicted molar refractivity (Wildman–Crippen MR) is 71.8 cm³/mol. The summed E-state index contributed by atoms with van der Waals surface area (Å²) in [6, 6.07) is 6.59. The zero-order valence-electron chi connectivity index (χ0n) is 8.93. The number of benzene rings is 1. The van der Waals surface area contributed by atoms with Gasteiger partial charge in [0.15, 0.2) is 0 Å². The molecule has 1 N–H and O–H groups in total. The fourth-order valence-electron chi connectivity index (χ4n) is 1.30. The van der Waals surface area contributed by atoms with Crippen LogP contribution in [0.2, 0.25) is 10.0 Å². The lowest BCUT2D eigenvalue weighted by Crippen LogP contribution is -1.97. The van der Waals surface area contributed by atoms with Gasteiger partial charge in [-0.1, -0.05) is 35.0 Å². The van der Waals surface area contributed by atoms with Gasteiger partial charge in [-0.25, -0.2) is 4.79 Å². The van der Waals surface area contributed by atoms with E-state index in [9.17, 15) is 4.79 Å². The number of hydrogen-bond donors (Lipinski definition) is 1. The smallest absolute Gasteiger partial charge is 0.337 e. The molecule has 0 saturated heterocycles. The molecule has 0 aliphatic carbocycles. The molecule has 0 atom stereocenters. The molecule has 1 heterocycles. The van der Waals surface area contributed by atoms with Gasteiger partial charge in [-0.2, -0.15) is 0 Å². The summed E-state index contributed by atoms with van der Waals surface area (Å²) in [5.41, 5.74) is 0.0758. The Kier molecular flexibility index (Phi) is 4.11. The molecule has 2 rings (SSSR count). The van der Waals surface area contributed by atoms with Gasteiger partial charge < -0.3 is 5.11 Å². The average Bonchev–Trinajstić information content (AvgIpc) is 2.34. The van der Waals surface area contributed by atoms with Crippen LogP contribution in [0, 0.1) is 0 Å². The maximum Gasteiger partial charge on any atom is 0.337 e. The molecule has 0 aliphatic rings. The van der Waals surface area contributed by atoms with Crippen molar-refractivity contribution < 1.29 is 9.90 Å². The summed E-state index contributed by atoms with van der Waals surface area (Å²) in [4.78, 5) is 16.4. The first-order valence-corrected chi connectivity index (χ1v) is 6.45. The van der Waals surface area contributed by atoms with Gasteiger partial charge in [-0.05, 0) is 24.3 Å². The van der Waals surface area contributed by atoms with Crippen molar-refractivity contribution in [2.45, 2.75) is 9.79 Å². The minimum absolute atomic E-state index is 0.0758. The maximum absolute atomic E-state index is 11.0. The highest BCUT2D eigenvalue weighted by atomic mass is 35.5. The highest BCUT2D eigenvalue weighted by Crippen LogP contribution is 2.34. The van der Waals surface area contributed by atoms with Crippen LogP contribution in [0.5, 0.6) is 0 Å². The Morgan fingerprint density at radius 1 is 1.22 bits per heavy atom. The van der Waals surface area contributed by atoms with Crippen molar-refractivity contribution in [1.82, 2.24) is 4.98 Å². The predicted octanol–water partition coefficient (Wildman–Crippen LogP) is 4.24. The first-order chi connectivity index (χ1) is 8.58. The lowest BCUT2D eigenvalue weighted by Gasteiger charge is -2.05. The monoisotopic (exact) mass is 299 g/mol. The Bertz CT molecular complexity index is 604. The van der Waals surface area contributed by atoms with Gasteiger partial charge in [-0.15, -0.1) is 0 Å². The maximum atomic E-state index is 11.0. The Morgan fingerprint density at radius 3 is 2.67 bits per heavy atom. The summed E-state index contributed by atoms with van der Waals surface area (Å²) in [6.45, 7) is 0. The molecule has 0 amide bonds. The lowest BCUT2D eigenvalue weighted by molar-refractivity contribution is 0.0697. The van der Waals surface area contributed by atoms with Gasteiger partial charge in [-0.3, -0.25) is 4.98 Å². The van der Waals surface area contributed by atoms with Gasteiger partial charge in [0, 0.05) is 22.2 Å². The second kappa shape index (κ2) is 5.61. The number of rotatable bonds is 3. The Balaban J connectivity index is 2.33. The van der Waals surface area contributed by atoms with E-state index < -0.39 is 5.97 Å². The number of carboxylic acids is 1. The van der Waals surface area contributed by atoms with Crippen molar-refractivity contribution in [2.75, 3.05) is 0 Å². The van der Waals surface area contributed by atoms with Crippen molar-refractivity contribution in [3.63, 3.8) is 0 Å². The standard InChI is InChI=1S/C12H7Cl2NO2S/c13-9-2-1-7(5-8(9)12(16)17)18-11-3-4-15-6-10(11)14/h1-6H,(H,16,17). The number of hydrogen-bond acceptors (Lipinski definition) is 3. The third-order valence-corrected chi connectivity index (χ3v) is 3.94. The van der Waals surface area contributed by atoms with Gasteiger partial charge >= 0.3 is 5.97 Å². The SMILES string of the molecule is O=C(O)c1cc(Sc2ccncc2Cl)ccc1Cl. The molecule has 0 unspecified atom stereocenters. The molecule has 6 heteroatoms. The number of aromatic nitrogens is 1. The van der Waals surface area contributed by atoms with E-state index in [1.807, 2.05) is 0 Å². The van der Waals surface area contributed by atoms with Gasteiger partial charge in [0.1, 0.15) is 0 Å². The van der Waals surface area contributed by atoms with Crippen molar-refractivity contribution in [2.24, 2.45) is 0 Å². The number of carbonyl (C=O) groups is 1. The quantitative estimate of drug-likeness (QED) is 0.921. The van der Waals surface area contributed by atoms with Crippen LogP contribution in [0.4, 0.5) is 0 Å². The molecular formula is C12H7Cl2NO2S. The van der Waals surface area contributed by atoms with E-state index in [-0.39, 0.29) is 10.6 Å². The molecular weight excluding hydrogens is 293 g/mol. The second-order valence-corrected chi connectivity index (χ2v) is 5.28. The topological polar surface area (TPSA) is 50.2 Å². The molecule has 0 saturated carbocycles. The fraction of sp³-hybridized carbons (Fsp3) is 0. The summed E-state index contributed by atoms with van der Waals surface area (Å²) in [7, 11) is 0. The third kappa shape index (κ3) is 2.96. The molecule has 3 nitrogen and oxygen atoms in total. The van der Waals surface area contributed by atoms with Crippen molar-refractivity contribution in [3.8, 4) is 0 Å². The van der Waals surface area contributed by atoms with Gasteiger partial charge in [0.05, 0.1) is 15.6 Å². The molecule has 1 aromatic carbocycles. The van der Waals surface area contributed by atoms with E-state index in [2.05, 4.69) is 4.98 Å². The third-order valence-electron chi connectivity index (χ3n) is 2.13. The number of nitrogens with zero attached hydrogens (tertiary/aromatic N) is 1. The highest BCUT2D eigenvalue weighted by Gasteiger charge is 2.10. The average molecular weight is 300 g/mol. The fourth-order valence-corrected chi connectivity index (χ4v) is 2.58. The van der Waals surface area contributed by atoms with E-state index in [1.165, 1.54) is 24.0 Å². The molecule has 92 valence electrons. The molecule has 0 bridgehead atoms. The molecule has 18 heavy (non-hydrogen) atoms. The summed E-state index contributed by atoms with van der Waals surface area (Å²) in [6.07, 6.45) is 3.17. The normalized spacial score (nSPS) is 10.3. The molecule has 2 aromatic rings. The van der Waals surface area contributed by atoms with Crippen LogP contribution in [0.25, 0.3) is 0 Å². The number of pyridine rings is 1. The van der Waals surface area contributed by atoms with Gasteiger partial charge in [0.2, 0.25) is 0 Å². The van der Waals surface area contributed by atoms with Crippen LogP contribution in [0.1, 0.15) is 10.4 Å². The summed E-state index contributed by atoms with van der Waals surface area (Å²) in [5.74, 6) is -1.05. The summed E-state index contributed by atoms with van der Waals surface area (Å²) in [5, 5.41) is 9.72. The zero-order valence-corrected chi connectivity index (χ0v) is 11.3. The summed E-state index contributed by atoms with van der Waals surface area (Å²) >= 11 is 13.1. The highest BCUT2D eigenvalue weighted by molar-refractivity contribution is 7.99. The molecule has 0 spiro atoms. The number of halogens is 2. The van der Waals surface area contributed by atoms with Crippen molar-refractivity contribution in [1.29, 1.82) is 0 Å². The van der Waals surface area contributed by atoms with E-state index in [4.69, 9.17) is 28.3 Å². The zero-order chi connectivity index (χ0) is 13.1. The van der Waals surface area contributed by atoms with E-state index in [0.29, 0.717) is 5.02 Å². The van der Waals surface area contributed by atoms with Crippen molar-refractivity contribution in [3.05, 3.63) is 52.3 Å². The molecule has 0 aliphatic heterocycles. The number of carboxylic acid groups (broad SMARTS) is 1. The minimum atomic E-state index is -1.05. The first-order valence-electron chi connectivity index (χ1n) is 4.88. The van der Waals surface area contributed by atoms with Crippen LogP contribution < -0.4 is 0 Å². The Morgan fingerprint density at radius 2 is 2.00 bits per heavy atom. The second-order valence-electron chi connectivity index (χ2n) is 3.35. The largest absolute Gasteiger partial charge is 0.478 e. The van der Waals surface area contributed by atoms with E-state index >= 15 is 0 Å². The van der Waals surface area contributed by atoms with Crippen LogP contribution >= 0.6 is 35.0 Å². The summed E-state index contributed by atoms with van der Waals surface area (Å²) < 4.78 is 0. The molecule has 0 radical (unpaired) electrons. The minimum Gasteiger partial charge on any atom is -0.478 e. The van der Waals surface area contributed by atoms with Crippen LogP contribution in [-0.2, 0) is 0 Å². The molecule has 0 fully saturated rings. The van der Waals surface area contributed by atoms with Crippen LogP contribution in [-0.4, -0.2) is 16.1 Å². The van der Waals surface area contributed by atoms with E-state index in [1.54, 1.807) is 24.4 Å². The first kappa shape index (κ1) is 13.2. The Hall–Kier alpha value is -1.23. The van der Waals surface area contributed by atoms with Crippen LogP contribution in [0.3, 0.4) is 0 Å². The molecule has 1 aromatic heterocycles. The van der Waals surface area contributed by atoms with Crippen LogP contribution in [0.15, 0.2) is 46.5 Å². The van der Waals surface area contributed by atoms with Gasteiger partial charge in [0.25, 0.3) is 0 Å². The number of aromatic carboxylic acids is 1.